The van der Waals surface area contributed by atoms with Crippen LogP contribution in [0.4, 0.5) is 0 Å². The van der Waals surface area contributed by atoms with Crippen LogP contribution in [0.1, 0.15) is 24.8 Å². The van der Waals surface area contributed by atoms with Crippen LogP contribution in [0.5, 0.6) is 0 Å². The molecule has 0 aromatic carbocycles. The van der Waals surface area contributed by atoms with Gasteiger partial charge in [0, 0.05) is 18.5 Å². The maximum atomic E-state index is 8.61. The molecule has 0 amide bonds. The van der Waals surface area contributed by atoms with Crippen molar-refractivity contribution in [1.29, 1.82) is 5.26 Å². The zero-order valence-corrected chi connectivity index (χ0v) is 8.48. The van der Waals surface area contributed by atoms with E-state index in [1.165, 1.54) is 11.1 Å². The zero-order valence-electron chi connectivity index (χ0n) is 8.48. The van der Waals surface area contributed by atoms with E-state index in [9.17, 15) is 0 Å². The maximum Gasteiger partial charge on any atom is 0.0914 e. The Balaban J connectivity index is 2.31. The number of nitriles is 1. The van der Waals surface area contributed by atoms with Crippen molar-refractivity contribution in [1.82, 2.24) is 4.98 Å². The van der Waals surface area contributed by atoms with Gasteiger partial charge in [0.05, 0.1) is 6.07 Å². The van der Waals surface area contributed by atoms with E-state index in [0.717, 1.165) is 24.8 Å². The first-order valence-corrected chi connectivity index (χ1v) is 5.10. The van der Waals surface area contributed by atoms with E-state index in [2.05, 4.69) is 23.2 Å². The van der Waals surface area contributed by atoms with Crippen LogP contribution in [0.2, 0.25) is 0 Å². The Hall–Kier alpha value is -1.88. The summed E-state index contributed by atoms with van der Waals surface area (Å²) in [4.78, 5) is 4.11. The van der Waals surface area contributed by atoms with Gasteiger partial charge in [-0.05, 0) is 42.0 Å². The summed E-state index contributed by atoms with van der Waals surface area (Å²) in [5.74, 6) is 0. The van der Waals surface area contributed by atoms with Gasteiger partial charge >= 0.3 is 0 Å². The number of rotatable bonds is 1. The lowest BCUT2D eigenvalue weighted by Crippen LogP contribution is -1.94. The van der Waals surface area contributed by atoms with E-state index in [0.29, 0.717) is 0 Å². The molecule has 1 aliphatic carbocycles. The van der Waals surface area contributed by atoms with Gasteiger partial charge in [-0.15, -0.1) is 0 Å². The zero-order chi connectivity index (χ0) is 10.5. The topological polar surface area (TPSA) is 36.7 Å². The van der Waals surface area contributed by atoms with Crippen molar-refractivity contribution in [3.05, 3.63) is 47.8 Å². The van der Waals surface area contributed by atoms with E-state index >= 15 is 0 Å². The largest absolute Gasteiger partial charge is 0.264 e. The highest BCUT2D eigenvalue weighted by atomic mass is 14.6. The standard InChI is InChI=1S/C13H12N2/c14-7-6-11-3-1-4-12(9-11)13-5-2-8-15-10-13/h2,5-6,8-10H,1,3-4H2/b11-6+. The first kappa shape index (κ1) is 9.67. The van der Waals surface area contributed by atoms with Crippen molar-refractivity contribution in [2.75, 3.05) is 0 Å². The van der Waals surface area contributed by atoms with Crippen molar-refractivity contribution in [3.63, 3.8) is 0 Å². The van der Waals surface area contributed by atoms with Crippen molar-refractivity contribution in [3.8, 4) is 6.07 Å². The molecule has 2 heteroatoms. The lowest BCUT2D eigenvalue weighted by molar-refractivity contribution is 0.834. The first-order chi connectivity index (χ1) is 7.40. The van der Waals surface area contributed by atoms with Gasteiger partial charge in [-0.25, -0.2) is 0 Å². The molecule has 1 aliphatic rings. The van der Waals surface area contributed by atoms with Crippen LogP contribution in [0.25, 0.3) is 5.57 Å². The molecule has 0 unspecified atom stereocenters. The van der Waals surface area contributed by atoms with Crippen LogP contribution in [-0.4, -0.2) is 4.98 Å². The van der Waals surface area contributed by atoms with E-state index < -0.39 is 0 Å². The summed E-state index contributed by atoms with van der Waals surface area (Å²) in [7, 11) is 0. The lowest BCUT2D eigenvalue weighted by Gasteiger charge is -2.14. The minimum Gasteiger partial charge on any atom is -0.264 e. The minimum atomic E-state index is 1.01. The summed E-state index contributed by atoms with van der Waals surface area (Å²) < 4.78 is 0. The second-order valence-corrected chi connectivity index (χ2v) is 3.61. The normalized spacial score (nSPS) is 18.3. The average molecular weight is 196 g/mol. The van der Waals surface area contributed by atoms with Gasteiger partial charge in [-0.3, -0.25) is 4.98 Å². The fraction of sp³-hybridized carbons (Fsp3) is 0.231. The van der Waals surface area contributed by atoms with E-state index in [-0.39, 0.29) is 0 Å². The molecule has 0 aliphatic heterocycles. The van der Waals surface area contributed by atoms with E-state index in [1.807, 2.05) is 12.3 Å². The summed E-state index contributed by atoms with van der Waals surface area (Å²) >= 11 is 0. The Labute approximate surface area is 89.6 Å². The molecule has 0 radical (unpaired) electrons. The molecule has 74 valence electrons. The van der Waals surface area contributed by atoms with Crippen molar-refractivity contribution < 1.29 is 0 Å². The average Bonchev–Trinajstić information content (AvgIpc) is 2.31. The number of aromatic nitrogens is 1. The van der Waals surface area contributed by atoms with E-state index in [4.69, 9.17) is 5.26 Å². The third-order valence-corrected chi connectivity index (χ3v) is 2.55. The van der Waals surface area contributed by atoms with Crippen LogP contribution in [0.15, 0.2) is 42.3 Å². The number of nitrogens with zero attached hydrogens (tertiary/aromatic N) is 2. The highest BCUT2D eigenvalue weighted by molar-refractivity contribution is 5.68. The van der Waals surface area contributed by atoms with Crippen molar-refractivity contribution in [2.45, 2.75) is 19.3 Å². The molecule has 2 nitrogen and oxygen atoms in total. The van der Waals surface area contributed by atoms with Gasteiger partial charge in [0.1, 0.15) is 0 Å². The highest BCUT2D eigenvalue weighted by Crippen LogP contribution is 2.28. The predicted molar refractivity (Wildman–Crippen MR) is 59.8 cm³/mol. The van der Waals surface area contributed by atoms with Gasteiger partial charge in [0.25, 0.3) is 0 Å². The molecular formula is C13H12N2. The fourth-order valence-electron chi connectivity index (χ4n) is 1.83. The van der Waals surface area contributed by atoms with E-state index in [1.54, 1.807) is 12.3 Å². The second-order valence-electron chi connectivity index (χ2n) is 3.61. The number of pyridine rings is 1. The monoisotopic (exact) mass is 196 g/mol. The Kier molecular flexibility index (Phi) is 2.94. The third kappa shape index (κ3) is 2.32. The Bertz CT molecular complexity index is 435. The SMILES string of the molecule is N#C/C=C1/C=C(c2cccnc2)CCC1. The van der Waals surface area contributed by atoms with Crippen LogP contribution >= 0.6 is 0 Å². The molecule has 0 fully saturated rings. The second kappa shape index (κ2) is 4.56. The Morgan fingerprint density at radius 1 is 1.40 bits per heavy atom. The number of hydrogen-bond donors (Lipinski definition) is 0. The molecule has 2 rings (SSSR count). The first-order valence-electron chi connectivity index (χ1n) is 5.10. The molecule has 0 bridgehead atoms. The molecule has 1 aromatic rings. The van der Waals surface area contributed by atoms with Gasteiger partial charge < -0.3 is 0 Å². The highest BCUT2D eigenvalue weighted by Gasteiger charge is 2.08. The summed E-state index contributed by atoms with van der Waals surface area (Å²) in [6, 6.07) is 6.09. The molecule has 1 aromatic heterocycles. The van der Waals surface area contributed by atoms with Crippen LogP contribution in [0.3, 0.4) is 0 Å². The summed E-state index contributed by atoms with van der Waals surface area (Å²) in [6.07, 6.45) is 10.6. The van der Waals surface area contributed by atoms with Crippen molar-refractivity contribution in [2.24, 2.45) is 0 Å². The Morgan fingerprint density at radius 3 is 3.07 bits per heavy atom. The summed E-state index contributed by atoms with van der Waals surface area (Å²) in [5, 5.41) is 8.61. The van der Waals surface area contributed by atoms with Crippen LogP contribution < -0.4 is 0 Å². The van der Waals surface area contributed by atoms with Gasteiger partial charge in [0.2, 0.25) is 0 Å². The lowest BCUT2D eigenvalue weighted by atomic mass is 9.91. The number of allylic oxidation sites excluding steroid dienone is 4. The minimum absolute atomic E-state index is 1.01. The Morgan fingerprint density at radius 2 is 2.33 bits per heavy atom. The molecule has 0 N–H and O–H groups in total. The summed E-state index contributed by atoms with van der Waals surface area (Å²) in [5.41, 5.74) is 3.58. The fourth-order valence-corrected chi connectivity index (χ4v) is 1.83. The van der Waals surface area contributed by atoms with Gasteiger partial charge in [-0.2, -0.15) is 5.26 Å². The molecule has 0 saturated heterocycles. The smallest absolute Gasteiger partial charge is 0.0914 e. The quantitative estimate of drug-likeness (QED) is 0.647. The molecule has 0 atom stereocenters. The van der Waals surface area contributed by atoms with Gasteiger partial charge in [-0.1, -0.05) is 12.1 Å². The van der Waals surface area contributed by atoms with Crippen molar-refractivity contribution >= 4 is 5.57 Å². The molecule has 0 saturated carbocycles. The van der Waals surface area contributed by atoms with Crippen LogP contribution in [0, 0.1) is 11.3 Å². The molecule has 1 heterocycles. The third-order valence-electron chi connectivity index (χ3n) is 2.55. The summed E-state index contributed by atoms with van der Waals surface area (Å²) in [6.45, 7) is 0. The predicted octanol–water partition coefficient (Wildman–Crippen LogP) is 3.10. The maximum absolute atomic E-state index is 8.61. The molecule has 0 spiro atoms. The number of hydrogen-bond acceptors (Lipinski definition) is 2. The van der Waals surface area contributed by atoms with Crippen LogP contribution in [-0.2, 0) is 0 Å². The van der Waals surface area contributed by atoms with Gasteiger partial charge in [0.15, 0.2) is 0 Å². The molecule has 15 heavy (non-hydrogen) atoms. The molecular weight excluding hydrogens is 184 g/mol.